The Morgan fingerprint density at radius 2 is 2.11 bits per heavy atom. The minimum atomic E-state index is -0.471. The second-order valence-corrected chi connectivity index (χ2v) is 6.97. The molecule has 0 saturated heterocycles. The monoisotopic (exact) mass is 380 g/mol. The Morgan fingerprint density at radius 1 is 1.36 bits per heavy atom. The number of hydrogen-bond acceptors (Lipinski definition) is 4. The molecule has 7 heteroatoms. The van der Waals surface area contributed by atoms with Gasteiger partial charge in [0.05, 0.1) is 29.6 Å². The highest BCUT2D eigenvalue weighted by molar-refractivity contribution is 6.04. The number of hydrogen-bond donors (Lipinski definition) is 1. The van der Waals surface area contributed by atoms with Gasteiger partial charge in [-0.05, 0) is 38.2 Å². The number of carbonyl (C=O) groups is 2. The third-order valence-corrected chi connectivity index (χ3v) is 4.66. The van der Waals surface area contributed by atoms with Crippen LogP contribution >= 0.6 is 0 Å². The quantitative estimate of drug-likeness (QED) is 0.885. The number of nitrogens with zero attached hydrogens (tertiary/aromatic N) is 3. The normalized spacial score (nSPS) is 16.2. The van der Waals surface area contributed by atoms with Gasteiger partial charge in [0, 0.05) is 24.6 Å². The van der Waals surface area contributed by atoms with Crippen molar-refractivity contribution in [2.75, 3.05) is 23.8 Å². The molecule has 6 nitrogen and oxygen atoms in total. The first-order valence-corrected chi connectivity index (χ1v) is 8.97. The number of likely N-dealkylation sites (N-methyl/N-ethyl adjacent to an activating group) is 1. The summed E-state index contributed by atoms with van der Waals surface area (Å²) in [5, 5.41) is 11.7. The average Bonchev–Trinajstić information content (AvgIpc) is 2.77. The molecular formula is C21H21FN4O2. The highest BCUT2D eigenvalue weighted by Gasteiger charge is 2.29. The van der Waals surface area contributed by atoms with E-state index in [0.29, 0.717) is 16.9 Å². The van der Waals surface area contributed by atoms with Crippen LogP contribution in [0.25, 0.3) is 0 Å². The molecule has 0 unspecified atom stereocenters. The molecule has 1 N–H and O–H groups in total. The number of anilines is 2. The first-order valence-electron chi connectivity index (χ1n) is 8.97. The van der Waals surface area contributed by atoms with Gasteiger partial charge < -0.3 is 10.2 Å². The van der Waals surface area contributed by atoms with E-state index in [0.717, 1.165) is 0 Å². The number of rotatable bonds is 4. The maximum Gasteiger partial charge on any atom is 0.241 e. The van der Waals surface area contributed by atoms with Gasteiger partial charge in [0.25, 0.3) is 0 Å². The van der Waals surface area contributed by atoms with Gasteiger partial charge in [-0.15, -0.1) is 0 Å². The second-order valence-electron chi connectivity index (χ2n) is 6.97. The summed E-state index contributed by atoms with van der Waals surface area (Å²) >= 11 is 0. The summed E-state index contributed by atoms with van der Waals surface area (Å²) < 4.78 is 14.1. The molecule has 0 spiro atoms. The van der Waals surface area contributed by atoms with Crippen LogP contribution in [0.15, 0.2) is 42.5 Å². The molecule has 1 atom stereocenters. The van der Waals surface area contributed by atoms with E-state index in [1.165, 1.54) is 6.07 Å². The Morgan fingerprint density at radius 3 is 2.82 bits per heavy atom. The van der Waals surface area contributed by atoms with Crippen molar-refractivity contribution in [1.29, 1.82) is 5.26 Å². The van der Waals surface area contributed by atoms with E-state index < -0.39 is 5.82 Å². The molecule has 144 valence electrons. The number of fused-ring (bicyclic) bond motifs is 1. The molecule has 0 fully saturated rings. The van der Waals surface area contributed by atoms with Crippen LogP contribution in [0.5, 0.6) is 0 Å². The molecule has 1 aliphatic heterocycles. The van der Waals surface area contributed by atoms with E-state index in [2.05, 4.69) is 5.32 Å². The third kappa shape index (κ3) is 4.18. The van der Waals surface area contributed by atoms with Gasteiger partial charge >= 0.3 is 0 Å². The predicted molar refractivity (Wildman–Crippen MR) is 104 cm³/mol. The van der Waals surface area contributed by atoms with Crippen molar-refractivity contribution < 1.29 is 14.0 Å². The standard InChI is InChI=1S/C21H21FN4O2/c1-14-9-20(27)24-18-5-3-4-6-19(18)26(14)21(28)13-25(2)12-16-8-7-15(11-23)10-17(16)22/h3-8,10,14H,9,12-13H2,1-2H3,(H,24,27)/t14-/m0/s1. The van der Waals surface area contributed by atoms with Crippen LogP contribution in [-0.2, 0) is 16.1 Å². The van der Waals surface area contributed by atoms with E-state index in [4.69, 9.17) is 5.26 Å². The Kier molecular flexibility index (Phi) is 5.71. The van der Waals surface area contributed by atoms with Gasteiger partial charge in [0.2, 0.25) is 11.8 Å². The molecule has 0 bridgehead atoms. The summed E-state index contributed by atoms with van der Waals surface area (Å²) in [5.41, 5.74) is 1.93. The lowest BCUT2D eigenvalue weighted by molar-refractivity contribution is -0.120. The van der Waals surface area contributed by atoms with E-state index in [1.54, 1.807) is 47.2 Å². The van der Waals surface area contributed by atoms with Crippen molar-refractivity contribution in [3.8, 4) is 6.07 Å². The lowest BCUT2D eigenvalue weighted by Crippen LogP contribution is -2.44. The maximum atomic E-state index is 14.1. The third-order valence-electron chi connectivity index (χ3n) is 4.66. The summed E-state index contributed by atoms with van der Waals surface area (Å²) in [7, 11) is 1.73. The molecule has 0 aliphatic carbocycles. The number of benzene rings is 2. The predicted octanol–water partition coefficient (Wildman–Crippen LogP) is 2.89. The van der Waals surface area contributed by atoms with E-state index >= 15 is 0 Å². The molecule has 2 amide bonds. The first-order chi connectivity index (χ1) is 13.4. The summed E-state index contributed by atoms with van der Waals surface area (Å²) in [4.78, 5) is 28.4. The first kappa shape index (κ1) is 19.5. The van der Waals surface area contributed by atoms with Crippen LogP contribution in [0.1, 0.15) is 24.5 Å². The van der Waals surface area contributed by atoms with Crippen LogP contribution in [0.4, 0.5) is 15.8 Å². The van der Waals surface area contributed by atoms with Gasteiger partial charge in [-0.3, -0.25) is 14.5 Å². The lowest BCUT2D eigenvalue weighted by atomic mass is 10.1. The van der Waals surface area contributed by atoms with Crippen molar-refractivity contribution in [3.63, 3.8) is 0 Å². The maximum absolute atomic E-state index is 14.1. The Hall–Kier alpha value is -3.24. The fourth-order valence-corrected chi connectivity index (χ4v) is 3.37. The Labute approximate surface area is 163 Å². The van der Waals surface area contributed by atoms with E-state index in [1.807, 2.05) is 19.1 Å². The molecule has 2 aromatic carbocycles. The summed E-state index contributed by atoms with van der Waals surface area (Å²) in [6, 6.07) is 13.1. The molecule has 28 heavy (non-hydrogen) atoms. The molecule has 3 rings (SSSR count). The van der Waals surface area contributed by atoms with Crippen molar-refractivity contribution >= 4 is 23.2 Å². The number of nitriles is 1. The van der Waals surface area contributed by atoms with Crippen LogP contribution < -0.4 is 10.2 Å². The van der Waals surface area contributed by atoms with Gasteiger partial charge in [-0.25, -0.2) is 4.39 Å². The SMILES string of the molecule is C[C@H]1CC(=O)Nc2ccccc2N1C(=O)CN(C)Cc1ccc(C#N)cc1F. The van der Waals surface area contributed by atoms with Crippen LogP contribution in [0.3, 0.4) is 0 Å². The summed E-state index contributed by atoms with van der Waals surface area (Å²) in [5.74, 6) is -0.780. The zero-order valence-corrected chi connectivity index (χ0v) is 15.8. The van der Waals surface area contributed by atoms with Gasteiger partial charge in [-0.1, -0.05) is 18.2 Å². The van der Waals surface area contributed by atoms with Crippen LogP contribution in [0.2, 0.25) is 0 Å². The van der Waals surface area contributed by atoms with Gasteiger partial charge in [0.15, 0.2) is 0 Å². The topological polar surface area (TPSA) is 76.4 Å². The molecular weight excluding hydrogens is 359 g/mol. The number of halogens is 1. The van der Waals surface area contributed by atoms with Crippen LogP contribution in [-0.4, -0.2) is 36.3 Å². The summed E-state index contributed by atoms with van der Waals surface area (Å²) in [6.45, 7) is 2.12. The minimum Gasteiger partial charge on any atom is -0.324 e. The molecule has 0 aromatic heterocycles. The highest BCUT2D eigenvalue weighted by Crippen LogP contribution is 2.31. The Bertz CT molecular complexity index is 954. The Balaban J connectivity index is 1.76. The fraction of sp³-hybridized carbons (Fsp3) is 0.286. The highest BCUT2D eigenvalue weighted by atomic mass is 19.1. The minimum absolute atomic E-state index is 0.0618. The van der Waals surface area contributed by atoms with Gasteiger partial charge in [0.1, 0.15) is 5.82 Å². The van der Waals surface area contributed by atoms with Crippen molar-refractivity contribution in [2.45, 2.75) is 25.9 Å². The lowest BCUT2D eigenvalue weighted by Gasteiger charge is -2.29. The summed E-state index contributed by atoms with van der Waals surface area (Å²) in [6.07, 6.45) is 0.203. The second kappa shape index (κ2) is 8.19. The smallest absolute Gasteiger partial charge is 0.241 e. The molecule has 0 saturated carbocycles. The van der Waals surface area contributed by atoms with Crippen LogP contribution in [0, 0.1) is 17.1 Å². The number of amides is 2. The largest absolute Gasteiger partial charge is 0.324 e. The molecule has 2 aromatic rings. The number of nitrogens with one attached hydrogen (secondary N) is 1. The van der Waals surface area contributed by atoms with Crippen molar-refractivity contribution in [2.24, 2.45) is 0 Å². The number of carbonyl (C=O) groups excluding carboxylic acids is 2. The van der Waals surface area contributed by atoms with E-state index in [-0.39, 0.29) is 42.9 Å². The van der Waals surface area contributed by atoms with Gasteiger partial charge in [-0.2, -0.15) is 5.26 Å². The molecule has 1 aliphatic rings. The fourth-order valence-electron chi connectivity index (χ4n) is 3.37. The van der Waals surface area contributed by atoms with Crippen molar-refractivity contribution in [3.05, 3.63) is 59.4 Å². The average molecular weight is 380 g/mol. The van der Waals surface area contributed by atoms with E-state index in [9.17, 15) is 14.0 Å². The zero-order valence-electron chi connectivity index (χ0n) is 15.8. The zero-order chi connectivity index (χ0) is 20.3. The van der Waals surface area contributed by atoms with Crippen molar-refractivity contribution in [1.82, 2.24) is 4.90 Å². The molecule has 0 radical (unpaired) electrons. The molecule has 1 heterocycles. The number of para-hydroxylation sites is 2.